The molecule has 1 N–H and O–H groups in total. The molecular formula is C20H19F2N3O5. The number of nitrogens with zero attached hydrogens (tertiary/aromatic N) is 2. The van der Waals surface area contributed by atoms with Crippen molar-refractivity contribution in [2.75, 3.05) is 14.2 Å². The molecule has 0 radical (unpaired) electrons. The van der Waals surface area contributed by atoms with E-state index in [0.29, 0.717) is 11.1 Å². The van der Waals surface area contributed by atoms with Crippen LogP contribution in [0.25, 0.3) is 10.9 Å². The largest absolute Gasteiger partial charge is 0.493 e. The molecule has 0 unspecified atom stereocenters. The van der Waals surface area contributed by atoms with Crippen LogP contribution in [0.15, 0.2) is 52.1 Å². The molecule has 8 nitrogen and oxygen atoms in total. The predicted octanol–water partition coefficient (Wildman–Crippen LogP) is 1.96. The average molecular weight is 419 g/mol. The second-order valence-electron chi connectivity index (χ2n) is 6.48. The molecule has 2 aromatic carbocycles. The fourth-order valence-electron chi connectivity index (χ4n) is 2.97. The molecule has 30 heavy (non-hydrogen) atoms. The van der Waals surface area contributed by atoms with Gasteiger partial charge in [0.2, 0.25) is 5.91 Å². The highest BCUT2D eigenvalue weighted by Crippen LogP contribution is 2.29. The van der Waals surface area contributed by atoms with Crippen LogP contribution in [0.2, 0.25) is 0 Å². The summed E-state index contributed by atoms with van der Waals surface area (Å²) in [7, 11) is 2.79. The molecule has 0 bridgehead atoms. The van der Waals surface area contributed by atoms with Gasteiger partial charge < -0.3 is 19.4 Å². The predicted molar refractivity (Wildman–Crippen MR) is 105 cm³/mol. The number of aromatic nitrogens is 2. The van der Waals surface area contributed by atoms with Crippen LogP contribution >= 0.6 is 0 Å². The number of hydrogen-bond acceptors (Lipinski definition) is 5. The van der Waals surface area contributed by atoms with E-state index in [1.54, 1.807) is 30.3 Å². The van der Waals surface area contributed by atoms with Crippen LogP contribution in [0.4, 0.5) is 8.78 Å². The average Bonchev–Trinajstić information content (AvgIpc) is 2.70. The molecular weight excluding hydrogens is 400 g/mol. The van der Waals surface area contributed by atoms with Crippen molar-refractivity contribution in [1.82, 2.24) is 14.5 Å². The number of alkyl halides is 2. The Morgan fingerprint density at radius 1 is 1.17 bits per heavy atom. The molecule has 3 aromatic rings. The molecule has 1 amide bonds. The third-order valence-electron chi connectivity index (χ3n) is 4.47. The summed E-state index contributed by atoms with van der Waals surface area (Å²) in [5.74, 6) is -0.541. The summed E-state index contributed by atoms with van der Waals surface area (Å²) in [6.45, 7) is -3.45. The minimum Gasteiger partial charge on any atom is -0.493 e. The summed E-state index contributed by atoms with van der Waals surface area (Å²) in [5, 5.41) is 0.288. The lowest BCUT2D eigenvalue weighted by molar-refractivity contribution is -0.131. The van der Waals surface area contributed by atoms with Gasteiger partial charge in [-0.2, -0.15) is 8.78 Å². The van der Waals surface area contributed by atoms with Crippen molar-refractivity contribution in [1.29, 1.82) is 0 Å². The van der Waals surface area contributed by atoms with Crippen molar-refractivity contribution in [3.8, 4) is 11.5 Å². The van der Waals surface area contributed by atoms with Crippen LogP contribution < -0.4 is 20.7 Å². The molecule has 0 atom stereocenters. The van der Waals surface area contributed by atoms with E-state index in [-0.39, 0.29) is 23.4 Å². The normalized spacial score (nSPS) is 11.0. The van der Waals surface area contributed by atoms with Crippen molar-refractivity contribution >= 4 is 16.8 Å². The Hall–Kier alpha value is -3.69. The van der Waals surface area contributed by atoms with Crippen molar-refractivity contribution < 1.29 is 23.0 Å². The number of nitrogens with one attached hydrogen (secondary N) is 1. The zero-order chi connectivity index (χ0) is 21.8. The SMILES string of the molecule is COc1ccc(CN(C)C(=O)Cn2c(=O)[nH]c3ccccc3c2=O)cc1OC(F)F. The zero-order valence-corrected chi connectivity index (χ0v) is 16.2. The molecule has 0 fully saturated rings. The van der Waals surface area contributed by atoms with Crippen molar-refractivity contribution in [3.05, 3.63) is 68.9 Å². The molecule has 0 saturated carbocycles. The lowest BCUT2D eigenvalue weighted by atomic mass is 10.2. The molecule has 0 aliphatic heterocycles. The molecule has 0 saturated heterocycles. The molecule has 1 heterocycles. The van der Waals surface area contributed by atoms with E-state index in [2.05, 4.69) is 9.72 Å². The van der Waals surface area contributed by atoms with Crippen molar-refractivity contribution in [2.45, 2.75) is 19.7 Å². The van der Waals surface area contributed by atoms with Crippen LogP contribution in [-0.4, -0.2) is 41.1 Å². The number of rotatable bonds is 7. The Kier molecular flexibility index (Phi) is 6.14. The summed E-state index contributed by atoms with van der Waals surface area (Å²) in [6, 6.07) is 10.9. The molecule has 0 aliphatic rings. The molecule has 10 heteroatoms. The van der Waals surface area contributed by atoms with Crippen LogP contribution in [-0.2, 0) is 17.9 Å². The number of para-hydroxylation sites is 1. The molecule has 0 aliphatic carbocycles. The van der Waals surface area contributed by atoms with Gasteiger partial charge in [-0.1, -0.05) is 18.2 Å². The third-order valence-corrected chi connectivity index (χ3v) is 4.47. The topological polar surface area (TPSA) is 93.6 Å². The van der Waals surface area contributed by atoms with E-state index in [1.807, 2.05) is 0 Å². The lowest BCUT2D eigenvalue weighted by Crippen LogP contribution is -2.41. The molecule has 158 valence electrons. The Morgan fingerprint density at radius 2 is 1.90 bits per heavy atom. The fourth-order valence-corrected chi connectivity index (χ4v) is 2.97. The number of fused-ring (bicyclic) bond motifs is 1. The van der Waals surface area contributed by atoms with Gasteiger partial charge in [0, 0.05) is 13.6 Å². The van der Waals surface area contributed by atoms with Crippen molar-refractivity contribution in [3.63, 3.8) is 0 Å². The highest BCUT2D eigenvalue weighted by Gasteiger charge is 2.17. The van der Waals surface area contributed by atoms with E-state index in [9.17, 15) is 23.2 Å². The first-order valence-corrected chi connectivity index (χ1v) is 8.87. The number of hydrogen-bond donors (Lipinski definition) is 1. The van der Waals surface area contributed by atoms with E-state index in [0.717, 1.165) is 4.57 Å². The summed E-state index contributed by atoms with van der Waals surface area (Å²) >= 11 is 0. The standard InChI is InChI=1S/C20H19F2N3O5/c1-24(10-12-7-8-15(29-2)16(9-12)30-19(21)22)17(26)11-25-18(27)13-5-3-4-6-14(13)23-20(25)28/h3-9,19H,10-11H2,1-2H3,(H,23,28). The first kappa shape index (κ1) is 21.0. The number of likely N-dealkylation sites (N-methyl/N-ethyl adjacent to an activating group) is 1. The van der Waals surface area contributed by atoms with Gasteiger partial charge in [-0.25, -0.2) is 4.79 Å². The smallest absolute Gasteiger partial charge is 0.387 e. The minimum absolute atomic E-state index is 0.0443. The summed E-state index contributed by atoms with van der Waals surface area (Å²) in [4.78, 5) is 41.2. The van der Waals surface area contributed by atoms with Crippen LogP contribution in [0.3, 0.4) is 0 Å². The number of halogens is 2. The Morgan fingerprint density at radius 3 is 2.60 bits per heavy atom. The number of carbonyl (C=O) groups excluding carboxylic acids is 1. The number of methoxy groups -OCH3 is 1. The molecule has 0 spiro atoms. The first-order valence-electron chi connectivity index (χ1n) is 8.87. The van der Waals surface area contributed by atoms with E-state index in [4.69, 9.17) is 4.74 Å². The number of carbonyl (C=O) groups is 1. The van der Waals surface area contributed by atoms with Gasteiger partial charge in [-0.3, -0.25) is 14.2 Å². The first-order chi connectivity index (χ1) is 14.3. The number of aromatic amines is 1. The van der Waals surface area contributed by atoms with E-state index < -0.39 is 30.3 Å². The number of H-pyrrole nitrogens is 1. The van der Waals surface area contributed by atoms with E-state index >= 15 is 0 Å². The summed E-state index contributed by atoms with van der Waals surface area (Å²) < 4.78 is 35.4. The number of ether oxygens (including phenoxy) is 2. The Labute approximate surface area is 169 Å². The third kappa shape index (κ3) is 4.48. The maximum atomic E-state index is 12.6. The highest BCUT2D eigenvalue weighted by molar-refractivity contribution is 5.78. The minimum atomic E-state index is -3.03. The lowest BCUT2D eigenvalue weighted by Gasteiger charge is -2.19. The maximum absolute atomic E-state index is 12.6. The van der Waals surface area contributed by atoms with Gasteiger partial charge in [-0.15, -0.1) is 0 Å². The number of benzene rings is 2. The summed E-state index contributed by atoms with van der Waals surface area (Å²) in [5.41, 5.74) is -0.387. The Bertz CT molecular complexity index is 1190. The van der Waals surface area contributed by atoms with Gasteiger partial charge in [0.25, 0.3) is 5.56 Å². The molecule has 1 aromatic heterocycles. The van der Waals surface area contributed by atoms with Gasteiger partial charge in [0.1, 0.15) is 6.54 Å². The monoisotopic (exact) mass is 419 g/mol. The van der Waals surface area contributed by atoms with E-state index in [1.165, 1.54) is 31.2 Å². The van der Waals surface area contributed by atoms with Gasteiger partial charge in [0.15, 0.2) is 11.5 Å². The van der Waals surface area contributed by atoms with Crippen molar-refractivity contribution in [2.24, 2.45) is 0 Å². The van der Waals surface area contributed by atoms with Crippen LogP contribution in [0, 0.1) is 0 Å². The molecule has 3 rings (SSSR count). The van der Waals surface area contributed by atoms with Gasteiger partial charge >= 0.3 is 12.3 Å². The van der Waals surface area contributed by atoms with Crippen LogP contribution in [0.5, 0.6) is 11.5 Å². The van der Waals surface area contributed by atoms with Gasteiger partial charge in [-0.05, 0) is 29.8 Å². The fraction of sp³-hybridized carbons (Fsp3) is 0.250. The second-order valence-corrected chi connectivity index (χ2v) is 6.48. The zero-order valence-electron chi connectivity index (χ0n) is 16.2. The highest BCUT2D eigenvalue weighted by atomic mass is 19.3. The Balaban J connectivity index is 1.80. The quantitative estimate of drug-likeness (QED) is 0.632. The second kappa shape index (κ2) is 8.76. The van der Waals surface area contributed by atoms with Gasteiger partial charge in [0.05, 0.1) is 18.0 Å². The number of amides is 1. The van der Waals surface area contributed by atoms with Crippen LogP contribution in [0.1, 0.15) is 5.56 Å². The summed E-state index contributed by atoms with van der Waals surface area (Å²) in [6.07, 6.45) is 0. The maximum Gasteiger partial charge on any atom is 0.387 e.